The molecular formula is C15H21NO. The Bertz CT molecular complexity index is 423. The van der Waals surface area contributed by atoms with E-state index in [9.17, 15) is 4.79 Å². The number of fused-ring (bicyclic) bond motifs is 1. The molecular weight excluding hydrogens is 210 g/mol. The van der Waals surface area contributed by atoms with Gasteiger partial charge in [-0.25, -0.2) is 0 Å². The maximum Gasteiger partial charge on any atom is 0.179 e. The number of carbonyl (C=O) groups is 1. The Balaban J connectivity index is 2.14. The Labute approximate surface area is 103 Å². The van der Waals surface area contributed by atoms with E-state index < -0.39 is 0 Å². The van der Waals surface area contributed by atoms with E-state index in [1.54, 1.807) is 0 Å². The first-order valence-corrected chi connectivity index (χ1v) is 6.50. The summed E-state index contributed by atoms with van der Waals surface area (Å²) in [4.78, 5) is 12.2. The predicted octanol–water partition coefficient (Wildman–Crippen LogP) is 2.74. The van der Waals surface area contributed by atoms with Crippen LogP contribution in [0.15, 0.2) is 18.2 Å². The van der Waals surface area contributed by atoms with Crippen molar-refractivity contribution in [3.8, 4) is 0 Å². The summed E-state index contributed by atoms with van der Waals surface area (Å²) in [6.07, 6.45) is 3.53. The van der Waals surface area contributed by atoms with E-state index in [4.69, 9.17) is 0 Å². The molecule has 2 heteroatoms. The Hall–Kier alpha value is -1.15. The largest absolute Gasteiger partial charge is 0.305 e. The van der Waals surface area contributed by atoms with Crippen LogP contribution in [0.5, 0.6) is 0 Å². The highest BCUT2D eigenvalue weighted by Crippen LogP contribution is 2.23. The summed E-state index contributed by atoms with van der Waals surface area (Å²) in [6.45, 7) is 6.06. The molecule has 2 rings (SSSR count). The Morgan fingerprint density at radius 3 is 2.59 bits per heavy atom. The molecule has 0 spiro atoms. The van der Waals surface area contributed by atoms with Crippen LogP contribution in [0.3, 0.4) is 0 Å². The summed E-state index contributed by atoms with van der Waals surface area (Å²) in [7, 11) is 0. The number of carbonyl (C=O) groups excluding carboxylic acids is 1. The van der Waals surface area contributed by atoms with Crippen LogP contribution in [0.4, 0.5) is 0 Å². The molecule has 1 N–H and O–H groups in total. The van der Waals surface area contributed by atoms with Gasteiger partial charge in [-0.3, -0.25) is 4.79 Å². The summed E-state index contributed by atoms with van der Waals surface area (Å²) >= 11 is 0. The zero-order valence-corrected chi connectivity index (χ0v) is 10.9. The third-order valence-corrected chi connectivity index (χ3v) is 3.36. The van der Waals surface area contributed by atoms with Crippen LogP contribution >= 0.6 is 0 Å². The second kappa shape index (κ2) is 5.01. The summed E-state index contributed by atoms with van der Waals surface area (Å²) in [5.74, 6) is 0.202. The quantitative estimate of drug-likeness (QED) is 0.807. The summed E-state index contributed by atoms with van der Waals surface area (Å²) in [5, 5.41) is 3.26. The fourth-order valence-electron chi connectivity index (χ4n) is 2.55. The average Bonchev–Trinajstić information content (AvgIpc) is 2.73. The fraction of sp³-hybridized carbons (Fsp3) is 0.533. The Morgan fingerprint density at radius 1 is 1.18 bits per heavy atom. The molecule has 1 aromatic carbocycles. The summed E-state index contributed by atoms with van der Waals surface area (Å²) in [6, 6.07) is 6.42. The maximum absolute atomic E-state index is 12.2. The topological polar surface area (TPSA) is 29.1 Å². The van der Waals surface area contributed by atoms with E-state index in [2.05, 4.69) is 31.3 Å². The smallest absolute Gasteiger partial charge is 0.179 e. The first-order chi connectivity index (χ1) is 8.08. The lowest BCUT2D eigenvalue weighted by atomic mass is 10.00. The van der Waals surface area contributed by atoms with Crippen molar-refractivity contribution in [3.63, 3.8) is 0 Å². The van der Waals surface area contributed by atoms with Crippen molar-refractivity contribution in [2.75, 3.05) is 0 Å². The lowest BCUT2D eigenvalue weighted by Crippen LogP contribution is -2.38. The van der Waals surface area contributed by atoms with Gasteiger partial charge < -0.3 is 5.32 Å². The second-order valence-corrected chi connectivity index (χ2v) is 5.24. The molecule has 0 fully saturated rings. The van der Waals surface area contributed by atoms with E-state index in [1.807, 2.05) is 13.0 Å². The van der Waals surface area contributed by atoms with Crippen LogP contribution in [0.1, 0.15) is 48.7 Å². The highest BCUT2D eigenvalue weighted by atomic mass is 16.1. The van der Waals surface area contributed by atoms with E-state index in [0.29, 0.717) is 6.04 Å². The van der Waals surface area contributed by atoms with Crippen LogP contribution in [0.25, 0.3) is 0 Å². The third kappa shape index (κ3) is 2.75. The average molecular weight is 231 g/mol. The summed E-state index contributed by atoms with van der Waals surface area (Å²) < 4.78 is 0. The first-order valence-electron chi connectivity index (χ1n) is 6.50. The van der Waals surface area contributed by atoms with Crippen LogP contribution in [0.2, 0.25) is 0 Å². The normalized spacial score (nSPS) is 16.0. The molecule has 1 aromatic rings. The number of rotatable bonds is 4. The van der Waals surface area contributed by atoms with Gasteiger partial charge in [-0.15, -0.1) is 0 Å². The van der Waals surface area contributed by atoms with Crippen LogP contribution in [0, 0.1) is 0 Å². The summed E-state index contributed by atoms with van der Waals surface area (Å²) in [5.41, 5.74) is 3.64. The van der Waals surface area contributed by atoms with Gasteiger partial charge >= 0.3 is 0 Å². The fourth-order valence-corrected chi connectivity index (χ4v) is 2.55. The highest BCUT2D eigenvalue weighted by molar-refractivity contribution is 6.00. The van der Waals surface area contributed by atoms with Gasteiger partial charge in [-0.1, -0.05) is 26.0 Å². The van der Waals surface area contributed by atoms with Gasteiger partial charge in [0, 0.05) is 11.6 Å². The maximum atomic E-state index is 12.2. The zero-order chi connectivity index (χ0) is 12.4. The van der Waals surface area contributed by atoms with Crippen molar-refractivity contribution in [3.05, 3.63) is 34.9 Å². The van der Waals surface area contributed by atoms with E-state index in [-0.39, 0.29) is 11.8 Å². The number of hydrogen-bond acceptors (Lipinski definition) is 2. The number of Topliss-reactive ketones (excluding diaryl/α,β-unsaturated/α-hetero) is 1. The van der Waals surface area contributed by atoms with Crippen molar-refractivity contribution in [2.24, 2.45) is 0 Å². The van der Waals surface area contributed by atoms with Crippen molar-refractivity contribution >= 4 is 5.78 Å². The molecule has 1 aliphatic carbocycles. The molecule has 0 saturated carbocycles. The van der Waals surface area contributed by atoms with Crippen LogP contribution in [-0.2, 0) is 12.8 Å². The molecule has 17 heavy (non-hydrogen) atoms. The molecule has 0 radical (unpaired) electrons. The molecule has 0 aliphatic heterocycles. The minimum atomic E-state index is -0.102. The Morgan fingerprint density at radius 2 is 1.88 bits per heavy atom. The van der Waals surface area contributed by atoms with Gasteiger partial charge in [-0.05, 0) is 43.4 Å². The predicted molar refractivity (Wildman–Crippen MR) is 70.5 cm³/mol. The number of aryl methyl sites for hydroxylation is 2. The molecule has 1 unspecified atom stereocenters. The lowest BCUT2D eigenvalue weighted by molar-refractivity contribution is 0.0946. The number of ketones is 1. The molecule has 2 nitrogen and oxygen atoms in total. The van der Waals surface area contributed by atoms with Crippen molar-refractivity contribution in [2.45, 2.75) is 52.1 Å². The van der Waals surface area contributed by atoms with Crippen LogP contribution in [-0.4, -0.2) is 17.9 Å². The third-order valence-electron chi connectivity index (χ3n) is 3.36. The molecule has 0 saturated heterocycles. The van der Waals surface area contributed by atoms with Gasteiger partial charge in [0.2, 0.25) is 0 Å². The van der Waals surface area contributed by atoms with Crippen LogP contribution < -0.4 is 5.32 Å². The highest BCUT2D eigenvalue weighted by Gasteiger charge is 2.18. The molecule has 0 heterocycles. The monoisotopic (exact) mass is 231 g/mol. The van der Waals surface area contributed by atoms with E-state index >= 15 is 0 Å². The van der Waals surface area contributed by atoms with E-state index in [0.717, 1.165) is 12.0 Å². The minimum Gasteiger partial charge on any atom is -0.305 e. The Kier molecular flexibility index (Phi) is 3.63. The first kappa shape index (κ1) is 12.3. The molecule has 1 atom stereocenters. The SMILES string of the molecule is CC(C)NC(C)C(=O)c1ccc2c(c1)CCC2. The van der Waals surface area contributed by atoms with Crippen molar-refractivity contribution in [1.82, 2.24) is 5.32 Å². The zero-order valence-electron chi connectivity index (χ0n) is 10.9. The molecule has 92 valence electrons. The van der Waals surface area contributed by atoms with E-state index in [1.165, 1.54) is 24.0 Å². The van der Waals surface area contributed by atoms with Gasteiger partial charge in [-0.2, -0.15) is 0 Å². The molecule has 0 amide bonds. The van der Waals surface area contributed by atoms with Crippen molar-refractivity contribution in [1.29, 1.82) is 0 Å². The van der Waals surface area contributed by atoms with Gasteiger partial charge in [0.1, 0.15) is 0 Å². The standard InChI is InChI=1S/C15H21NO/c1-10(2)16-11(3)15(17)14-8-7-12-5-4-6-13(12)9-14/h7-11,16H,4-6H2,1-3H3. The van der Waals surface area contributed by atoms with Gasteiger partial charge in [0.05, 0.1) is 6.04 Å². The molecule has 1 aliphatic rings. The van der Waals surface area contributed by atoms with Crippen molar-refractivity contribution < 1.29 is 4.79 Å². The van der Waals surface area contributed by atoms with Gasteiger partial charge in [0.15, 0.2) is 5.78 Å². The lowest BCUT2D eigenvalue weighted by Gasteiger charge is -2.16. The molecule has 0 bridgehead atoms. The van der Waals surface area contributed by atoms with Gasteiger partial charge in [0.25, 0.3) is 0 Å². The minimum absolute atomic E-state index is 0.102. The number of hydrogen-bond donors (Lipinski definition) is 1. The molecule has 0 aromatic heterocycles. The number of benzene rings is 1. The number of nitrogens with one attached hydrogen (secondary N) is 1. The second-order valence-electron chi connectivity index (χ2n) is 5.24.